The minimum Gasteiger partial charge on any atom is -0.347 e. The van der Waals surface area contributed by atoms with E-state index >= 15 is 0 Å². The molecule has 1 fully saturated rings. The molecular formula is C8H16O5S. The Bertz CT molecular complexity index is 308. The van der Waals surface area contributed by atoms with E-state index in [1.807, 2.05) is 0 Å². The lowest BCUT2D eigenvalue weighted by atomic mass is 10.2. The summed E-state index contributed by atoms with van der Waals surface area (Å²) in [5.41, 5.74) is -0.821. The molecule has 1 aliphatic heterocycles. The van der Waals surface area contributed by atoms with Gasteiger partial charge in [-0.25, -0.2) is 0 Å². The van der Waals surface area contributed by atoms with Gasteiger partial charge in [0.05, 0.1) is 13.7 Å². The van der Waals surface area contributed by atoms with E-state index in [4.69, 9.17) is 9.47 Å². The van der Waals surface area contributed by atoms with E-state index in [0.29, 0.717) is 0 Å². The average Bonchev–Trinajstić information content (AvgIpc) is 2.24. The second-order valence-electron chi connectivity index (χ2n) is 4.11. The van der Waals surface area contributed by atoms with Gasteiger partial charge < -0.3 is 9.47 Å². The molecule has 0 aromatic heterocycles. The molecule has 0 aliphatic carbocycles. The summed E-state index contributed by atoms with van der Waals surface area (Å²) in [6.45, 7) is 5.44. The van der Waals surface area contributed by atoms with Crippen LogP contribution < -0.4 is 0 Å². The van der Waals surface area contributed by atoms with Gasteiger partial charge >= 0.3 is 0 Å². The highest BCUT2D eigenvalue weighted by atomic mass is 32.2. The summed E-state index contributed by atoms with van der Waals surface area (Å²) in [6.07, 6.45) is 0. The molecular weight excluding hydrogens is 208 g/mol. The van der Waals surface area contributed by atoms with Crippen molar-refractivity contribution in [1.29, 1.82) is 0 Å². The molecule has 5 nitrogen and oxygen atoms in total. The van der Waals surface area contributed by atoms with Crippen LogP contribution in [0.25, 0.3) is 0 Å². The van der Waals surface area contributed by atoms with Crippen LogP contribution in [0.15, 0.2) is 0 Å². The van der Waals surface area contributed by atoms with Crippen molar-refractivity contribution in [2.24, 2.45) is 0 Å². The zero-order valence-electron chi connectivity index (χ0n) is 8.86. The predicted molar refractivity (Wildman–Crippen MR) is 50.3 cm³/mol. The molecule has 0 saturated carbocycles. The molecule has 1 atom stereocenters. The molecule has 0 N–H and O–H groups in total. The lowest BCUT2D eigenvalue weighted by Gasteiger charge is -2.24. The average molecular weight is 224 g/mol. The van der Waals surface area contributed by atoms with Crippen LogP contribution in [0.1, 0.15) is 20.8 Å². The van der Waals surface area contributed by atoms with Crippen LogP contribution in [0.5, 0.6) is 0 Å². The minimum atomic E-state index is -3.52. The van der Waals surface area contributed by atoms with Gasteiger partial charge in [0, 0.05) is 0 Å². The first-order chi connectivity index (χ1) is 6.18. The Kier molecular flexibility index (Phi) is 2.93. The molecule has 1 aliphatic rings. The molecule has 0 bridgehead atoms. The third-order valence-electron chi connectivity index (χ3n) is 1.95. The largest absolute Gasteiger partial charge is 0.347 e. The van der Waals surface area contributed by atoms with Gasteiger partial charge in [-0.2, -0.15) is 8.42 Å². The maximum absolute atomic E-state index is 11.2. The topological polar surface area (TPSA) is 61.8 Å². The van der Waals surface area contributed by atoms with Crippen LogP contribution in [0.3, 0.4) is 0 Å². The van der Waals surface area contributed by atoms with Gasteiger partial charge in [-0.15, -0.1) is 0 Å². The molecule has 0 radical (unpaired) electrons. The van der Waals surface area contributed by atoms with Crippen LogP contribution in [-0.2, 0) is 23.8 Å². The Labute approximate surface area is 84.5 Å². The second-order valence-corrected chi connectivity index (χ2v) is 5.85. The normalized spacial score (nSPS) is 32.0. The zero-order chi connectivity index (χ0) is 11.0. The number of hydrogen-bond donors (Lipinski definition) is 0. The van der Waals surface area contributed by atoms with E-state index in [1.54, 1.807) is 20.8 Å². The standard InChI is InChI=1S/C8H16O5S/c1-7(2)12-5-8(3,13-7)6-14(9,10)11-4/h5-6H2,1-4H3. The van der Waals surface area contributed by atoms with Crippen LogP contribution in [-0.4, -0.2) is 39.3 Å². The van der Waals surface area contributed by atoms with Gasteiger partial charge in [0.15, 0.2) is 5.79 Å². The Balaban J connectivity index is 2.71. The van der Waals surface area contributed by atoms with E-state index in [1.165, 1.54) is 0 Å². The van der Waals surface area contributed by atoms with Crippen molar-refractivity contribution in [3.05, 3.63) is 0 Å². The molecule has 1 rings (SSSR count). The van der Waals surface area contributed by atoms with Gasteiger partial charge in [-0.1, -0.05) is 0 Å². The fourth-order valence-electron chi connectivity index (χ4n) is 1.48. The molecule has 6 heteroatoms. The highest BCUT2D eigenvalue weighted by molar-refractivity contribution is 7.86. The Morgan fingerprint density at radius 3 is 2.29 bits per heavy atom. The lowest BCUT2D eigenvalue weighted by molar-refractivity contribution is -0.153. The fourth-order valence-corrected chi connectivity index (χ4v) is 2.49. The Morgan fingerprint density at radius 1 is 1.36 bits per heavy atom. The summed E-state index contributed by atoms with van der Waals surface area (Å²) in [5.74, 6) is -0.919. The number of hydrogen-bond acceptors (Lipinski definition) is 5. The zero-order valence-corrected chi connectivity index (χ0v) is 9.68. The first kappa shape index (κ1) is 11.9. The summed E-state index contributed by atoms with van der Waals surface area (Å²) in [7, 11) is -2.38. The maximum Gasteiger partial charge on any atom is 0.269 e. The summed E-state index contributed by atoms with van der Waals surface area (Å²) >= 11 is 0. The van der Waals surface area contributed by atoms with Gasteiger partial charge in [0.1, 0.15) is 11.4 Å². The summed E-state index contributed by atoms with van der Waals surface area (Å²) in [4.78, 5) is 0. The van der Waals surface area contributed by atoms with Gasteiger partial charge in [0.25, 0.3) is 10.1 Å². The van der Waals surface area contributed by atoms with Crippen LogP contribution in [0.2, 0.25) is 0 Å². The molecule has 0 aromatic carbocycles. The number of ether oxygens (including phenoxy) is 2. The lowest BCUT2D eigenvalue weighted by Crippen LogP contribution is -2.38. The van der Waals surface area contributed by atoms with Crippen molar-refractivity contribution in [2.45, 2.75) is 32.2 Å². The smallest absolute Gasteiger partial charge is 0.269 e. The van der Waals surface area contributed by atoms with Crippen LogP contribution >= 0.6 is 0 Å². The first-order valence-electron chi connectivity index (χ1n) is 4.31. The quantitative estimate of drug-likeness (QED) is 0.653. The molecule has 1 unspecified atom stereocenters. The molecule has 0 amide bonds. The third kappa shape index (κ3) is 2.91. The maximum atomic E-state index is 11.2. The predicted octanol–water partition coefficient (Wildman–Crippen LogP) is 0.504. The molecule has 84 valence electrons. The van der Waals surface area contributed by atoms with Crippen molar-refractivity contribution in [3.8, 4) is 0 Å². The third-order valence-corrected chi connectivity index (χ3v) is 3.43. The highest BCUT2D eigenvalue weighted by Gasteiger charge is 2.44. The Morgan fingerprint density at radius 2 is 1.93 bits per heavy atom. The van der Waals surface area contributed by atoms with Gasteiger partial charge in [-0.05, 0) is 20.8 Å². The monoisotopic (exact) mass is 224 g/mol. The van der Waals surface area contributed by atoms with Crippen LogP contribution in [0.4, 0.5) is 0 Å². The molecule has 1 saturated heterocycles. The van der Waals surface area contributed by atoms with Crippen LogP contribution in [0, 0.1) is 0 Å². The van der Waals surface area contributed by atoms with E-state index in [-0.39, 0.29) is 12.4 Å². The molecule has 14 heavy (non-hydrogen) atoms. The van der Waals surface area contributed by atoms with Crippen molar-refractivity contribution in [3.63, 3.8) is 0 Å². The SMILES string of the molecule is COS(=O)(=O)CC1(C)COC(C)(C)O1. The minimum absolute atomic E-state index is 0.195. The van der Waals surface area contributed by atoms with Crippen molar-refractivity contribution < 1.29 is 22.1 Å². The van der Waals surface area contributed by atoms with Crippen molar-refractivity contribution in [2.75, 3.05) is 19.5 Å². The van der Waals surface area contributed by atoms with E-state index < -0.39 is 21.5 Å². The van der Waals surface area contributed by atoms with Crippen molar-refractivity contribution in [1.82, 2.24) is 0 Å². The van der Waals surface area contributed by atoms with E-state index in [9.17, 15) is 8.42 Å². The summed E-state index contributed by atoms with van der Waals surface area (Å²) in [6, 6.07) is 0. The Hall–Kier alpha value is -0.170. The molecule has 0 aromatic rings. The second kappa shape index (κ2) is 3.44. The van der Waals surface area contributed by atoms with Gasteiger partial charge in [0.2, 0.25) is 0 Å². The fraction of sp³-hybridized carbons (Fsp3) is 1.00. The van der Waals surface area contributed by atoms with Crippen molar-refractivity contribution >= 4 is 10.1 Å². The number of rotatable bonds is 3. The van der Waals surface area contributed by atoms with E-state index in [0.717, 1.165) is 7.11 Å². The molecule has 0 spiro atoms. The molecule has 1 heterocycles. The summed E-state index contributed by atoms with van der Waals surface area (Å²) in [5, 5.41) is 0. The highest BCUT2D eigenvalue weighted by Crippen LogP contribution is 2.31. The van der Waals surface area contributed by atoms with E-state index in [2.05, 4.69) is 4.18 Å². The first-order valence-corrected chi connectivity index (χ1v) is 5.88. The summed E-state index contributed by atoms with van der Waals surface area (Å²) < 4.78 is 37.6. The van der Waals surface area contributed by atoms with Gasteiger partial charge in [-0.3, -0.25) is 4.18 Å².